The normalized spacial score (nSPS) is 14.2. The van der Waals surface area contributed by atoms with E-state index < -0.39 is 142 Å². The van der Waals surface area contributed by atoms with E-state index in [9.17, 15) is 0 Å². The monoisotopic (exact) mass is 1220 g/mol. The minimum absolute atomic E-state index is 0.681. The summed E-state index contributed by atoms with van der Waals surface area (Å²) in [7, 11) is -30.8. The first-order valence-electron chi connectivity index (χ1n) is 26.0. The summed E-state index contributed by atoms with van der Waals surface area (Å²) in [5, 5.41) is 0. The lowest BCUT2D eigenvalue weighted by atomic mass is 10.4. The Labute approximate surface area is 436 Å². The highest BCUT2D eigenvalue weighted by molar-refractivity contribution is 6.88. The standard InChI is InChI=1S/C37H108O14Si16/c1-52(2)40-64(41-53(3)4,42-54(5)6)34-36-66(46-58(13)14,47-59(15)16)50-62(21,22)32-26-30-38-28-25-29-39-31-27-33-63(23,24)51-67(48-60(17)18,49-61(19)20)37-35-65(43-55(7)8,44-56(9)10)45-57(11)12/h52-61H,25-37H2,1-24H3. The highest BCUT2D eigenvalue weighted by Gasteiger charge is 2.54. The molecule has 0 aliphatic heterocycles. The Morgan fingerprint density at radius 2 is 0.418 bits per heavy atom. The molecule has 0 rings (SSSR count). The van der Waals surface area contributed by atoms with Crippen LogP contribution in [-0.2, 0) is 58.9 Å². The second kappa shape index (κ2) is 34.5. The van der Waals surface area contributed by atoms with E-state index in [-0.39, 0.29) is 0 Å². The van der Waals surface area contributed by atoms with E-state index in [1.165, 1.54) is 0 Å². The zero-order valence-electron chi connectivity index (χ0n) is 47.7. The first-order valence-corrected chi connectivity index (χ1v) is 67.8. The number of hydrogen-bond donors (Lipinski definition) is 0. The van der Waals surface area contributed by atoms with Gasteiger partial charge in [-0.15, -0.1) is 0 Å². The predicted octanol–water partition coefficient (Wildman–Crippen LogP) is 8.39. The topological polar surface area (TPSA) is 129 Å². The molecule has 0 saturated carbocycles. The zero-order chi connectivity index (χ0) is 51.9. The molecule has 14 nitrogen and oxygen atoms in total. The van der Waals surface area contributed by atoms with Gasteiger partial charge in [-0.1, -0.05) is 0 Å². The van der Waals surface area contributed by atoms with Gasteiger partial charge in [-0.3, -0.25) is 0 Å². The number of rotatable bonds is 42. The molecule has 0 aliphatic rings. The van der Waals surface area contributed by atoms with E-state index in [1.807, 2.05) is 0 Å². The molecule has 404 valence electrons. The predicted molar refractivity (Wildman–Crippen MR) is 324 cm³/mol. The summed E-state index contributed by atoms with van der Waals surface area (Å²) in [5.41, 5.74) is 0. The second-order valence-corrected chi connectivity index (χ2v) is 69.4. The minimum Gasteiger partial charge on any atom is -0.420 e. The summed E-state index contributed by atoms with van der Waals surface area (Å²) in [6.45, 7) is 56.5. The highest BCUT2D eigenvalue weighted by atomic mass is 28.5. The van der Waals surface area contributed by atoms with Gasteiger partial charge < -0.3 is 58.9 Å². The molecule has 0 atom stereocenters. The van der Waals surface area contributed by atoms with Gasteiger partial charge in [0.2, 0.25) is 0 Å². The lowest BCUT2D eigenvalue weighted by molar-refractivity contribution is 0.0826. The fourth-order valence-corrected chi connectivity index (χ4v) is 64.8. The van der Waals surface area contributed by atoms with Gasteiger partial charge in [0.1, 0.15) is 0 Å². The van der Waals surface area contributed by atoms with Gasteiger partial charge in [-0.25, -0.2) is 0 Å². The molecule has 0 aromatic rings. The quantitative estimate of drug-likeness (QED) is 0.0429. The van der Waals surface area contributed by atoms with E-state index >= 15 is 0 Å². The van der Waals surface area contributed by atoms with Gasteiger partial charge in [0.25, 0.3) is 0 Å². The SMILES string of the molecule is C[SiH](C)O[Si](CC[Si](O[SiH](C)C)(O[SiH](C)C)O[Si](C)(C)CCCOCCCOCCC[Si](C)(C)O[Si](CC[Si](O[SiH](C)C)(O[SiH](C)C)O[SiH](C)C)(O[SiH](C)C)O[SiH](C)C)(O[SiH](C)C)O[SiH](C)C. The van der Waals surface area contributed by atoms with Crippen molar-refractivity contribution in [3.63, 3.8) is 0 Å². The summed E-state index contributed by atoms with van der Waals surface area (Å²) >= 11 is 0. The molecule has 0 fully saturated rings. The smallest absolute Gasteiger partial charge is 0.420 e. The van der Waals surface area contributed by atoms with Crippen LogP contribution in [0.5, 0.6) is 0 Å². The van der Waals surface area contributed by atoms with Crippen LogP contribution in [0.15, 0.2) is 0 Å². The first kappa shape index (κ1) is 69.9. The molecule has 0 spiro atoms. The average molecular weight is 1230 g/mol. The second-order valence-electron chi connectivity index (χ2n) is 21.9. The molecular weight excluding hydrogens is 1120 g/mol. The van der Waals surface area contributed by atoms with Crippen molar-refractivity contribution >= 4 is 142 Å². The summed E-state index contributed by atoms with van der Waals surface area (Å²) < 4.78 is 95.3. The molecule has 0 heterocycles. The third-order valence-corrected chi connectivity index (χ3v) is 56.9. The van der Waals surface area contributed by atoms with Gasteiger partial charge in [-0.2, -0.15) is 0 Å². The molecule has 0 unspecified atom stereocenters. The van der Waals surface area contributed by atoms with Gasteiger partial charge in [0.05, 0.1) is 0 Å². The molecular formula is C37H108O14Si16. The van der Waals surface area contributed by atoms with Crippen molar-refractivity contribution in [2.45, 2.75) is 213 Å². The fraction of sp³-hybridized carbons (Fsp3) is 1.00. The van der Waals surface area contributed by atoms with Crippen molar-refractivity contribution in [2.75, 3.05) is 26.4 Å². The molecule has 0 radical (unpaired) electrons. The minimum atomic E-state index is -3.03. The molecule has 67 heavy (non-hydrogen) atoms. The highest BCUT2D eigenvalue weighted by Crippen LogP contribution is 2.34. The fourth-order valence-electron chi connectivity index (χ4n) is 7.82. The Hall–Kier alpha value is 2.91. The lowest BCUT2D eigenvalue weighted by Crippen LogP contribution is -2.59. The maximum Gasteiger partial charge on any atom is 0.469 e. The van der Waals surface area contributed by atoms with Crippen molar-refractivity contribution in [1.82, 2.24) is 0 Å². The van der Waals surface area contributed by atoms with E-state index in [1.54, 1.807) is 0 Å². The van der Waals surface area contributed by atoms with E-state index in [0.717, 1.165) is 31.4 Å². The van der Waals surface area contributed by atoms with Crippen molar-refractivity contribution in [1.29, 1.82) is 0 Å². The maximum absolute atomic E-state index is 7.28. The Balaban J connectivity index is 5.47. The van der Waals surface area contributed by atoms with Crippen LogP contribution in [0.2, 0.25) is 193 Å². The van der Waals surface area contributed by atoms with E-state index in [2.05, 4.69) is 157 Å². The Bertz CT molecular complexity index is 1110. The van der Waals surface area contributed by atoms with Gasteiger partial charge >= 0.3 is 35.2 Å². The molecule has 0 N–H and O–H groups in total. The Kier molecular flexibility index (Phi) is 36.0. The van der Waals surface area contributed by atoms with Crippen LogP contribution >= 0.6 is 0 Å². The third-order valence-electron chi connectivity index (χ3n) is 9.20. The average Bonchev–Trinajstić information content (AvgIpc) is 3.09. The maximum atomic E-state index is 7.28. The summed E-state index contributed by atoms with van der Waals surface area (Å²) in [4.78, 5) is 0. The molecule has 0 saturated heterocycles. The third kappa shape index (κ3) is 34.2. The van der Waals surface area contributed by atoms with Crippen molar-refractivity contribution in [3.05, 3.63) is 0 Å². The molecule has 0 aliphatic carbocycles. The number of ether oxygens (including phenoxy) is 2. The van der Waals surface area contributed by atoms with Crippen LogP contribution in [0.4, 0.5) is 0 Å². The summed E-state index contributed by atoms with van der Waals surface area (Å²) in [5.74, 6) is 0. The number of hydrogen-bond acceptors (Lipinski definition) is 14. The Morgan fingerprint density at radius 3 is 0.627 bits per heavy atom. The van der Waals surface area contributed by atoms with Crippen LogP contribution in [0.3, 0.4) is 0 Å². The van der Waals surface area contributed by atoms with Gasteiger partial charge in [0, 0.05) is 50.6 Å². The molecule has 30 heteroatoms. The first-order chi connectivity index (χ1) is 30.7. The van der Waals surface area contributed by atoms with Crippen molar-refractivity contribution in [2.24, 2.45) is 0 Å². The van der Waals surface area contributed by atoms with Gasteiger partial charge in [0.15, 0.2) is 107 Å². The van der Waals surface area contributed by atoms with Crippen LogP contribution < -0.4 is 0 Å². The van der Waals surface area contributed by atoms with Crippen LogP contribution in [0.25, 0.3) is 0 Å². The Morgan fingerprint density at radius 1 is 0.239 bits per heavy atom. The van der Waals surface area contributed by atoms with Crippen molar-refractivity contribution in [3.8, 4) is 0 Å². The summed E-state index contributed by atoms with van der Waals surface area (Å²) in [6.07, 6.45) is 2.75. The summed E-state index contributed by atoms with van der Waals surface area (Å²) in [6, 6.07) is 4.77. The largest absolute Gasteiger partial charge is 0.469 e. The van der Waals surface area contributed by atoms with Crippen LogP contribution in [0, 0.1) is 0 Å². The molecule has 0 aromatic heterocycles. The zero-order valence-corrected chi connectivity index (χ0v) is 65.2. The molecule has 0 aromatic carbocycles. The van der Waals surface area contributed by atoms with Crippen molar-refractivity contribution < 1.29 is 58.9 Å². The van der Waals surface area contributed by atoms with Crippen LogP contribution in [0.1, 0.15) is 19.3 Å². The molecule has 0 bridgehead atoms. The van der Waals surface area contributed by atoms with E-state index in [0.29, 0.717) is 50.6 Å². The van der Waals surface area contributed by atoms with Crippen LogP contribution in [-0.4, -0.2) is 169 Å². The molecule has 0 amide bonds. The van der Waals surface area contributed by atoms with Gasteiger partial charge in [-0.05, 0) is 188 Å². The van der Waals surface area contributed by atoms with E-state index in [4.69, 9.17) is 58.9 Å². The lowest BCUT2D eigenvalue weighted by Gasteiger charge is -2.42.